The Kier molecular flexibility index (Phi) is 3.64. The van der Waals surface area contributed by atoms with Crippen LogP contribution in [-0.2, 0) is 0 Å². The maximum atomic E-state index is 13.0. The zero-order chi connectivity index (χ0) is 12.4. The van der Waals surface area contributed by atoms with Gasteiger partial charge in [0.25, 0.3) is 5.91 Å². The highest BCUT2D eigenvalue weighted by Gasteiger charge is 2.23. The van der Waals surface area contributed by atoms with Gasteiger partial charge < -0.3 is 10.0 Å². The molecule has 92 valence electrons. The number of aliphatic hydroxyl groups excluding tert-OH is 1. The lowest BCUT2D eigenvalue weighted by molar-refractivity contribution is 0.0473. The van der Waals surface area contributed by atoms with Crippen LogP contribution in [0.2, 0.25) is 5.02 Å². The molecule has 0 spiro atoms. The summed E-state index contributed by atoms with van der Waals surface area (Å²) in [5.41, 5.74) is 0.352. The van der Waals surface area contributed by atoms with Gasteiger partial charge in [0.15, 0.2) is 0 Å². The van der Waals surface area contributed by atoms with Crippen LogP contribution >= 0.6 is 11.6 Å². The van der Waals surface area contributed by atoms with E-state index in [4.69, 9.17) is 11.6 Å². The van der Waals surface area contributed by atoms with Crippen molar-refractivity contribution >= 4 is 17.5 Å². The lowest BCUT2D eigenvalue weighted by Gasteiger charge is -2.30. The Hall–Kier alpha value is -1.13. The number of carbonyl (C=O) groups is 1. The van der Waals surface area contributed by atoms with Crippen LogP contribution in [0.1, 0.15) is 23.2 Å². The van der Waals surface area contributed by atoms with Crippen molar-refractivity contribution < 1.29 is 14.3 Å². The van der Waals surface area contributed by atoms with Crippen molar-refractivity contribution in [3.05, 3.63) is 34.6 Å². The molecule has 3 nitrogen and oxygen atoms in total. The molecule has 0 aromatic heterocycles. The SMILES string of the molecule is O=C(c1ccc(F)c(Cl)c1)N1CCC[C@H](O)C1. The predicted octanol–water partition coefficient (Wildman–Crippen LogP) is 2.08. The number of halogens is 2. The molecule has 1 fully saturated rings. The van der Waals surface area contributed by atoms with Gasteiger partial charge in [0.1, 0.15) is 5.82 Å². The Labute approximate surface area is 104 Å². The summed E-state index contributed by atoms with van der Waals surface area (Å²) in [4.78, 5) is 13.6. The number of benzene rings is 1. The molecule has 1 heterocycles. The minimum absolute atomic E-state index is 0.0617. The number of piperidine rings is 1. The van der Waals surface area contributed by atoms with Gasteiger partial charge in [-0.25, -0.2) is 4.39 Å². The molecule has 5 heteroatoms. The van der Waals surface area contributed by atoms with Gasteiger partial charge in [0.05, 0.1) is 11.1 Å². The van der Waals surface area contributed by atoms with Crippen molar-refractivity contribution in [2.75, 3.05) is 13.1 Å². The highest BCUT2D eigenvalue weighted by molar-refractivity contribution is 6.31. The highest BCUT2D eigenvalue weighted by Crippen LogP contribution is 2.19. The van der Waals surface area contributed by atoms with E-state index in [1.807, 2.05) is 0 Å². The average Bonchev–Trinajstić information content (AvgIpc) is 2.32. The Morgan fingerprint density at radius 1 is 1.53 bits per heavy atom. The summed E-state index contributed by atoms with van der Waals surface area (Å²) >= 11 is 5.63. The maximum absolute atomic E-state index is 13.0. The Bertz CT molecular complexity index is 439. The second kappa shape index (κ2) is 5.02. The number of nitrogens with zero attached hydrogens (tertiary/aromatic N) is 1. The molecule has 1 aromatic carbocycles. The van der Waals surface area contributed by atoms with Gasteiger partial charge in [-0.1, -0.05) is 11.6 Å². The van der Waals surface area contributed by atoms with E-state index in [1.165, 1.54) is 18.2 Å². The van der Waals surface area contributed by atoms with Crippen molar-refractivity contribution in [2.24, 2.45) is 0 Å². The van der Waals surface area contributed by atoms with E-state index < -0.39 is 11.9 Å². The third-order valence-electron chi connectivity index (χ3n) is 2.85. The summed E-state index contributed by atoms with van der Waals surface area (Å²) in [6.45, 7) is 0.943. The number of carbonyl (C=O) groups excluding carboxylic acids is 1. The summed E-state index contributed by atoms with van der Waals surface area (Å²) in [5.74, 6) is -0.757. The Balaban J connectivity index is 2.15. The fourth-order valence-electron chi connectivity index (χ4n) is 1.95. The van der Waals surface area contributed by atoms with Gasteiger partial charge in [0, 0.05) is 18.7 Å². The van der Waals surface area contributed by atoms with E-state index in [0.717, 1.165) is 6.42 Å². The first-order valence-corrected chi connectivity index (χ1v) is 5.88. The van der Waals surface area contributed by atoms with E-state index in [2.05, 4.69) is 0 Å². The van der Waals surface area contributed by atoms with E-state index in [1.54, 1.807) is 4.90 Å². The van der Waals surface area contributed by atoms with Crippen molar-refractivity contribution in [3.63, 3.8) is 0 Å². The Morgan fingerprint density at radius 2 is 2.29 bits per heavy atom. The summed E-state index contributed by atoms with van der Waals surface area (Å²) in [7, 11) is 0. The largest absolute Gasteiger partial charge is 0.391 e. The molecule has 0 unspecified atom stereocenters. The number of hydrogen-bond donors (Lipinski definition) is 1. The average molecular weight is 258 g/mol. The fraction of sp³-hybridized carbons (Fsp3) is 0.417. The van der Waals surface area contributed by atoms with Crippen LogP contribution < -0.4 is 0 Å². The predicted molar refractivity (Wildman–Crippen MR) is 62.6 cm³/mol. The molecule has 1 N–H and O–H groups in total. The van der Waals surface area contributed by atoms with E-state index in [-0.39, 0.29) is 10.9 Å². The summed E-state index contributed by atoms with van der Waals surface area (Å²) in [5, 5.41) is 9.43. The lowest BCUT2D eigenvalue weighted by Crippen LogP contribution is -2.42. The number of β-amino-alcohol motifs (C(OH)–C–C–N with tert-alkyl or cyclic N) is 1. The first-order chi connectivity index (χ1) is 8.08. The molecule has 1 saturated heterocycles. The molecule has 2 rings (SSSR count). The molecule has 17 heavy (non-hydrogen) atoms. The van der Waals surface area contributed by atoms with Gasteiger partial charge in [-0.15, -0.1) is 0 Å². The van der Waals surface area contributed by atoms with Crippen LogP contribution in [-0.4, -0.2) is 35.1 Å². The molecule has 1 amide bonds. The van der Waals surface area contributed by atoms with Gasteiger partial charge in [-0.2, -0.15) is 0 Å². The first-order valence-electron chi connectivity index (χ1n) is 5.50. The summed E-state index contributed by atoms with van der Waals surface area (Å²) in [6.07, 6.45) is 1.03. The quantitative estimate of drug-likeness (QED) is 0.837. The van der Waals surface area contributed by atoms with E-state index in [9.17, 15) is 14.3 Å². The van der Waals surface area contributed by atoms with Crippen molar-refractivity contribution in [1.29, 1.82) is 0 Å². The van der Waals surface area contributed by atoms with Crippen molar-refractivity contribution in [3.8, 4) is 0 Å². The van der Waals surface area contributed by atoms with Crippen LogP contribution in [0.3, 0.4) is 0 Å². The zero-order valence-corrected chi connectivity index (χ0v) is 9.95. The minimum Gasteiger partial charge on any atom is -0.391 e. The molecular weight excluding hydrogens is 245 g/mol. The molecule has 1 aromatic rings. The van der Waals surface area contributed by atoms with Crippen LogP contribution in [0.15, 0.2) is 18.2 Å². The number of likely N-dealkylation sites (tertiary alicyclic amines) is 1. The third kappa shape index (κ3) is 2.76. The number of rotatable bonds is 1. The molecule has 1 aliphatic rings. The van der Waals surface area contributed by atoms with Crippen LogP contribution in [0, 0.1) is 5.82 Å². The van der Waals surface area contributed by atoms with E-state index in [0.29, 0.717) is 25.1 Å². The second-order valence-electron chi connectivity index (χ2n) is 4.18. The highest BCUT2D eigenvalue weighted by atomic mass is 35.5. The van der Waals surface area contributed by atoms with Crippen LogP contribution in [0.5, 0.6) is 0 Å². The second-order valence-corrected chi connectivity index (χ2v) is 4.58. The zero-order valence-electron chi connectivity index (χ0n) is 9.20. The molecule has 1 aliphatic heterocycles. The van der Waals surface area contributed by atoms with Crippen molar-refractivity contribution in [2.45, 2.75) is 18.9 Å². The smallest absolute Gasteiger partial charge is 0.253 e. The van der Waals surface area contributed by atoms with Crippen molar-refractivity contribution in [1.82, 2.24) is 4.90 Å². The topological polar surface area (TPSA) is 40.5 Å². The van der Waals surface area contributed by atoms with Gasteiger partial charge in [-0.3, -0.25) is 4.79 Å². The maximum Gasteiger partial charge on any atom is 0.253 e. The molecule has 0 bridgehead atoms. The normalized spacial score (nSPS) is 20.4. The van der Waals surface area contributed by atoms with Gasteiger partial charge in [0.2, 0.25) is 0 Å². The first kappa shape index (κ1) is 12.3. The molecular formula is C12H13ClFNO2. The minimum atomic E-state index is -0.540. The van der Waals surface area contributed by atoms with Crippen LogP contribution in [0.25, 0.3) is 0 Å². The van der Waals surface area contributed by atoms with Gasteiger partial charge >= 0.3 is 0 Å². The molecule has 0 saturated carbocycles. The monoisotopic (exact) mass is 257 g/mol. The summed E-state index contributed by atoms with van der Waals surface area (Å²) in [6, 6.07) is 3.90. The Morgan fingerprint density at radius 3 is 2.94 bits per heavy atom. The number of hydrogen-bond acceptors (Lipinski definition) is 2. The standard InChI is InChI=1S/C12H13ClFNO2/c13-10-6-8(3-4-11(10)14)12(17)15-5-1-2-9(16)7-15/h3-4,6,9,16H,1-2,5,7H2/t9-/m0/s1. The fourth-order valence-corrected chi connectivity index (χ4v) is 2.13. The number of amides is 1. The van der Waals surface area contributed by atoms with Crippen LogP contribution in [0.4, 0.5) is 4.39 Å². The van der Waals surface area contributed by atoms with Gasteiger partial charge in [-0.05, 0) is 31.0 Å². The molecule has 0 aliphatic carbocycles. The van der Waals surface area contributed by atoms with E-state index >= 15 is 0 Å². The third-order valence-corrected chi connectivity index (χ3v) is 3.14. The molecule has 1 atom stereocenters. The summed E-state index contributed by atoms with van der Waals surface area (Å²) < 4.78 is 13.0. The number of aliphatic hydroxyl groups is 1. The molecule has 0 radical (unpaired) electrons. The lowest BCUT2D eigenvalue weighted by atomic mass is 10.1.